The fraction of sp³-hybridized carbons (Fsp3) is 0.0417. The minimum absolute atomic E-state index is 0.00986. The Morgan fingerprint density at radius 1 is 1.00 bits per heavy atom. The summed E-state index contributed by atoms with van der Waals surface area (Å²) in [6.07, 6.45) is 1.97. The summed E-state index contributed by atoms with van der Waals surface area (Å²) in [6, 6.07) is 22.8. The van der Waals surface area contributed by atoms with Gasteiger partial charge in [0.05, 0.1) is 5.69 Å². The maximum atomic E-state index is 14.7. The molecule has 4 rings (SSSR count). The minimum Gasteiger partial charge on any atom is -0.267 e. The first kappa shape index (κ1) is 19.2. The number of anilines is 1. The fourth-order valence-electron chi connectivity index (χ4n) is 3.31. The summed E-state index contributed by atoms with van der Waals surface area (Å²) < 4.78 is 14.7. The highest BCUT2D eigenvalue weighted by Crippen LogP contribution is 2.23. The number of hydrazine groups is 1. The van der Waals surface area contributed by atoms with Gasteiger partial charge in [0.2, 0.25) is 0 Å². The number of halogens is 1. The Morgan fingerprint density at radius 2 is 1.77 bits per heavy atom. The van der Waals surface area contributed by atoms with Crippen molar-refractivity contribution in [3.05, 3.63) is 107 Å². The van der Waals surface area contributed by atoms with E-state index in [2.05, 4.69) is 4.98 Å². The van der Waals surface area contributed by atoms with E-state index in [1.54, 1.807) is 36.5 Å². The molecule has 1 heterocycles. The van der Waals surface area contributed by atoms with Crippen LogP contribution in [0.25, 0.3) is 10.8 Å². The van der Waals surface area contributed by atoms with Gasteiger partial charge in [0.1, 0.15) is 17.6 Å². The van der Waals surface area contributed by atoms with Crippen molar-refractivity contribution < 1.29 is 9.18 Å². The van der Waals surface area contributed by atoms with E-state index in [1.165, 1.54) is 12.1 Å². The second kappa shape index (κ2) is 8.11. The van der Waals surface area contributed by atoms with Gasteiger partial charge >= 0.3 is 0 Å². The number of hydrogen-bond donors (Lipinski definition) is 1. The van der Waals surface area contributed by atoms with Gasteiger partial charge in [-0.05, 0) is 64.7 Å². The molecule has 0 aliphatic carbocycles. The number of aromatic nitrogens is 1. The second-order valence-corrected chi connectivity index (χ2v) is 6.86. The number of carbonyl (C=O) groups excluding carboxylic acids is 1. The zero-order valence-electron chi connectivity index (χ0n) is 15.9. The molecule has 0 aliphatic heterocycles. The minimum atomic E-state index is -0.598. The maximum Gasteiger partial charge on any atom is 0.272 e. The zero-order valence-corrected chi connectivity index (χ0v) is 15.9. The van der Waals surface area contributed by atoms with Gasteiger partial charge in [0.15, 0.2) is 0 Å². The second-order valence-electron chi connectivity index (χ2n) is 6.86. The molecule has 30 heavy (non-hydrogen) atoms. The SMILES string of the molecule is N#Cc1cc(Cc2ccc(N(N)C(=O)c3ccc4ccccc4c3)c(F)c2)ccn1. The van der Waals surface area contributed by atoms with E-state index in [0.29, 0.717) is 23.2 Å². The van der Waals surface area contributed by atoms with Crippen LogP contribution < -0.4 is 10.9 Å². The summed E-state index contributed by atoms with van der Waals surface area (Å²) in [5.41, 5.74) is 2.20. The number of nitrogens with two attached hydrogens (primary N) is 1. The van der Waals surface area contributed by atoms with Crippen molar-refractivity contribution in [2.45, 2.75) is 6.42 Å². The summed E-state index contributed by atoms with van der Waals surface area (Å²) in [4.78, 5) is 16.7. The first-order chi connectivity index (χ1) is 14.5. The van der Waals surface area contributed by atoms with Crippen molar-refractivity contribution in [2.24, 2.45) is 5.84 Å². The molecular formula is C24H17FN4O. The Hall–Kier alpha value is -4.08. The lowest BCUT2D eigenvalue weighted by Gasteiger charge is -2.18. The predicted molar refractivity (Wildman–Crippen MR) is 113 cm³/mol. The van der Waals surface area contributed by atoms with Crippen molar-refractivity contribution in [2.75, 3.05) is 5.01 Å². The molecule has 1 amide bonds. The quantitative estimate of drug-likeness (QED) is 0.316. The van der Waals surface area contributed by atoms with Gasteiger partial charge in [0.25, 0.3) is 5.91 Å². The lowest BCUT2D eigenvalue weighted by Crippen LogP contribution is -2.38. The van der Waals surface area contributed by atoms with E-state index in [4.69, 9.17) is 11.1 Å². The first-order valence-corrected chi connectivity index (χ1v) is 9.26. The molecule has 2 N–H and O–H groups in total. The molecule has 4 aromatic rings. The van der Waals surface area contributed by atoms with E-state index in [9.17, 15) is 9.18 Å². The third kappa shape index (κ3) is 3.88. The number of nitrogens with zero attached hydrogens (tertiary/aromatic N) is 3. The lowest BCUT2D eigenvalue weighted by molar-refractivity contribution is 0.0986. The van der Waals surface area contributed by atoms with Crippen molar-refractivity contribution in [1.29, 1.82) is 5.26 Å². The molecule has 0 saturated heterocycles. The van der Waals surface area contributed by atoms with Crippen LogP contribution in [0.4, 0.5) is 10.1 Å². The smallest absolute Gasteiger partial charge is 0.267 e. The monoisotopic (exact) mass is 396 g/mol. The molecule has 0 unspecified atom stereocenters. The predicted octanol–water partition coefficient (Wildman–Crippen LogP) is 4.36. The Kier molecular flexibility index (Phi) is 5.21. The Balaban J connectivity index is 1.56. The van der Waals surface area contributed by atoms with E-state index in [1.807, 2.05) is 36.4 Å². The van der Waals surface area contributed by atoms with Crippen molar-refractivity contribution in [3.63, 3.8) is 0 Å². The summed E-state index contributed by atoms with van der Waals surface area (Å²) in [5, 5.41) is 11.7. The fourth-order valence-corrected chi connectivity index (χ4v) is 3.31. The molecule has 0 radical (unpaired) electrons. The topological polar surface area (TPSA) is 83.0 Å². The molecule has 0 aliphatic rings. The molecule has 0 bridgehead atoms. The molecule has 0 spiro atoms. The van der Waals surface area contributed by atoms with Gasteiger partial charge in [-0.2, -0.15) is 5.26 Å². The van der Waals surface area contributed by atoms with Crippen molar-refractivity contribution in [1.82, 2.24) is 4.98 Å². The number of nitriles is 1. The van der Waals surface area contributed by atoms with Gasteiger partial charge in [-0.15, -0.1) is 0 Å². The maximum absolute atomic E-state index is 14.7. The summed E-state index contributed by atoms with van der Waals surface area (Å²) in [5.74, 6) is 4.86. The number of hydrogen-bond acceptors (Lipinski definition) is 4. The number of amides is 1. The molecule has 6 heteroatoms. The average Bonchev–Trinajstić information content (AvgIpc) is 2.78. The molecule has 0 fully saturated rings. The molecule has 0 saturated carbocycles. The van der Waals surface area contributed by atoms with Crippen LogP contribution in [0.15, 0.2) is 79.0 Å². The van der Waals surface area contributed by atoms with Crippen molar-refractivity contribution >= 4 is 22.4 Å². The van der Waals surface area contributed by atoms with Crippen LogP contribution in [0.1, 0.15) is 27.2 Å². The Morgan fingerprint density at radius 3 is 2.53 bits per heavy atom. The molecule has 3 aromatic carbocycles. The van der Waals surface area contributed by atoms with E-state index in [0.717, 1.165) is 21.3 Å². The van der Waals surface area contributed by atoms with Gasteiger partial charge < -0.3 is 0 Å². The molecule has 0 atom stereocenters. The van der Waals surface area contributed by atoms with Gasteiger partial charge in [0, 0.05) is 11.8 Å². The zero-order chi connectivity index (χ0) is 21.1. The van der Waals surface area contributed by atoms with Crippen LogP contribution >= 0.6 is 0 Å². The van der Waals surface area contributed by atoms with Crippen molar-refractivity contribution in [3.8, 4) is 6.07 Å². The standard InChI is InChI=1S/C24H17FN4O/c25-22-13-16(11-17-9-10-28-21(12-17)15-26)5-8-23(22)29(27)24(30)20-7-6-18-3-1-2-4-19(18)14-20/h1-10,12-14H,11,27H2. The average molecular weight is 396 g/mol. The third-order valence-corrected chi connectivity index (χ3v) is 4.83. The third-order valence-electron chi connectivity index (χ3n) is 4.83. The van der Waals surface area contributed by atoms with Crippen LogP contribution in [0.2, 0.25) is 0 Å². The van der Waals surface area contributed by atoms with Gasteiger partial charge in [-0.25, -0.2) is 20.2 Å². The van der Waals surface area contributed by atoms with E-state index >= 15 is 0 Å². The highest BCUT2D eigenvalue weighted by Gasteiger charge is 2.18. The summed E-state index contributed by atoms with van der Waals surface area (Å²) in [7, 11) is 0. The first-order valence-electron chi connectivity index (χ1n) is 9.26. The normalized spacial score (nSPS) is 10.6. The van der Waals surface area contributed by atoms with Crippen LogP contribution in [0.5, 0.6) is 0 Å². The number of carbonyl (C=O) groups is 1. The number of rotatable bonds is 4. The molecule has 1 aromatic heterocycles. The lowest BCUT2D eigenvalue weighted by atomic mass is 10.0. The summed E-state index contributed by atoms with van der Waals surface area (Å²) >= 11 is 0. The largest absolute Gasteiger partial charge is 0.272 e. The Bertz CT molecular complexity index is 1300. The van der Waals surface area contributed by atoms with E-state index in [-0.39, 0.29) is 5.69 Å². The van der Waals surface area contributed by atoms with Crippen LogP contribution in [-0.2, 0) is 6.42 Å². The molecule has 5 nitrogen and oxygen atoms in total. The van der Waals surface area contributed by atoms with Gasteiger partial charge in [-0.3, -0.25) is 4.79 Å². The highest BCUT2D eigenvalue weighted by atomic mass is 19.1. The van der Waals surface area contributed by atoms with Gasteiger partial charge in [-0.1, -0.05) is 36.4 Å². The Labute approximate surface area is 172 Å². The number of fused-ring (bicyclic) bond motifs is 1. The van der Waals surface area contributed by atoms with Crippen LogP contribution in [-0.4, -0.2) is 10.9 Å². The summed E-state index contributed by atoms with van der Waals surface area (Å²) in [6.45, 7) is 0. The number of pyridine rings is 1. The van der Waals surface area contributed by atoms with E-state index < -0.39 is 11.7 Å². The van der Waals surface area contributed by atoms with Crippen LogP contribution in [0.3, 0.4) is 0 Å². The molecular weight excluding hydrogens is 379 g/mol. The highest BCUT2D eigenvalue weighted by molar-refractivity contribution is 6.07. The molecule has 146 valence electrons. The number of benzene rings is 3. The van der Waals surface area contributed by atoms with Crippen LogP contribution in [0, 0.1) is 17.1 Å².